The second kappa shape index (κ2) is 6.34. The lowest BCUT2D eigenvalue weighted by Crippen LogP contribution is -2.32. The quantitative estimate of drug-likeness (QED) is 0.685. The van der Waals surface area contributed by atoms with Crippen molar-refractivity contribution in [3.05, 3.63) is 32.8 Å². The number of nitrogens with zero attached hydrogens (tertiary/aromatic N) is 2. The molecular weight excluding hydrogens is 310 g/mol. The van der Waals surface area contributed by atoms with Crippen molar-refractivity contribution in [1.29, 1.82) is 0 Å². The van der Waals surface area contributed by atoms with E-state index in [0.29, 0.717) is 6.04 Å². The summed E-state index contributed by atoms with van der Waals surface area (Å²) in [5.41, 5.74) is 1.13. The molecule has 0 spiro atoms. The van der Waals surface area contributed by atoms with Gasteiger partial charge in [-0.1, -0.05) is 0 Å². The maximum absolute atomic E-state index is 10.7. The Balaban J connectivity index is 2.18. The second-order valence-corrected chi connectivity index (χ2v) is 5.69. The number of nitro benzene ring substituents is 1. The zero-order valence-electron chi connectivity index (χ0n) is 10.9. The first-order valence-electron chi connectivity index (χ1n) is 6.47. The Labute approximate surface area is 121 Å². The Morgan fingerprint density at radius 2 is 2.21 bits per heavy atom. The number of nitrogens with one attached hydrogen (secondary N) is 1. The van der Waals surface area contributed by atoms with Crippen molar-refractivity contribution in [1.82, 2.24) is 5.32 Å². The molecule has 0 radical (unpaired) electrons. The fraction of sp³-hybridized carbons (Fsp3) is 0.538. The van der Waals surface area contributed by atoms with Gasteiger partial charge in [-0.15, -0.1) is 0 Å². The molecule has 19 heavy (non-hydrogen) atoms. The molecule has 1 fully saturated rings. The summed E-state index contributed by atoms with van der Waals surface area (Å²) in [4.78, 5) is 12.6. The zero-order chi connectivity index (χ0) is 13.8. The molecule has 1 aromatic rings. The van der Waals surface area contributed by atoms with Crippen molar-refractivity contribution in [3.63, 3.8) is 0 Å². The molecule has 1 unspecified atom stereocenters. The van der Waals surface area contributed by atoms with Gasteiger partial charge in [0.2, 0.25) is 0 Å². The number of hydrogen-bond donors (Lipinski definition) is 1. The van der Waals surface area contributed by atoms with E-state index >= 15 is 0 Å². The first-order chi connectivity index (χ1) is 9.09. The second-order valence-electron chi connectivity index (χ2n) is 4.84. The van der Waals surface area contributed by atoms with Crippen LogP contribution in [0, 0.1) is 10.1 Å². The molecule has 0 aliphatic carbocycles. The van der Waals surface area contributed by atoms with Gasteiger partial charge in [0.25, 0.3) is 5.69 Å². The smallest absolute Gasteiger partial charge is 0.270 e. The van der Waals surface area contributed by atoms with Crippen LogP contribution in [0.3, 0.4) is 0 Å². The predicted octanol–water partition coefficient (Wildman–Crippen LogP) is 2.94. The molecule has 1 N–H and O–H groups in total. The number of nitro groups is 1. The molecule has 1 aromatic carbocycles. The summed E-state index contributed by atoms with van der Waals surface area (Å²) >= 11 is 3.44. The van der Waals surface area contributed by atoms with Gasteiger partial charge in [0.1, 0.15) is 0 Å². The van der Waals surface area contributed by atoms with Crippen molar-refractivity contribution < 1.29 is 4.92 Å². The van der Waals surface area contributed by atoms with Crippen molar-refractivity contribution in [2.45, 2.75) is 25.3 Å². The summed E-state index contributed by atoms with van der Waals surface area (Å²) in [5.74, 6) is 0. The van der Waals surface area contributed by atoms with Crippen molar-refractivity contribution in [2.24, 2.45) is 0 Å². The summed E-state index contributed by atoms with van der Waals surface area (Å²) in [6.45, 7) is 2.10. The molecule has 0 aromatic heterocycles. The number of halogens is 1. The molecule has 0 bridgehead atoms. The van der Waals surface area contributed by atoms with Gasteiger partial charge >= 0.3 is 0 Å². The number of anilines is 1. The first kappa shape index (κ1) is 14.3. The Hall–Kier alpha value is -1.14. The molecule has 1 aliphatic heterocycles. The normalized spacial score (nSPS) is 19.8. The van der Waals surface area contributed by atoms with Crippen LogP contribution >= 0.6 is 15.9 Å². The first-order valence-corrected chi connectivity index (χ1v) is 7.26. The van der Waals surface area contributed by atoms with Gasteiger partial charge in [0, 0.05) is 29.7 Å². The van der Waals surface area contributed by atoms with E-state index in [4.69, 9.17) is 0 Å². The van der Waals surface area contributed by atoms with Crippen LogP contribution in [0.25, 0.3) is 0 Å². The van der Waals surface area contributed by atoms with E-state index in [1.165, 1.54) is 6.42 Å². The minimum atomic E-state index is -0.371. The van der Waals surface area contributed by atoms with Crippen molar-refractivity contribution in [3.8, 4) is 0 Å². The predicted molar refractivity (Wildman–Crippen MR) is 79.7 cm³/mol. The topological polar surface area (TPSA) is 58.4 Å². The highest BCUT2D eigenvalue weighted by Gasteiger charge is 2.20. The van der Waals surface area contributed by atoms with Crippen LogP contribution in [0.15, 0.2) is 22.7 Å². The van der Waals surface area contributed by atoms with E-state index in [-0.39, 0.29) is 10.6 Å². The van der Waals surface area contributed by atoms with E-state index < -0.39 is 0 Å². The lowest BCUT2D eigenvalue weighted by atomic mass is 10.1. The molecule has 104 valence electrons. The van der Waals surface area contributed by atoms with Crippen LogP contribution < -0.4 is 10.2 Å². The fourth-order valence-electron chi connectivity index (χ4n) is 2.48. The minimum Gasteiger partial charge on any atom is -0.371 e. The maximum atomic E-state index is 10.7. The van der Waals surface area contributed by atoms with Crippen LogP contribution in [-0.2, 0) is 0 Å². The minimum absolute atomic E-state index is 0.117. The van der Waals surface area contributed by atoms with E-state index in [0.717, 1.165) is 36.1 Å². The van der Waals surface area contributed by atoms with Gasteiger partial charge in [0.05, 0.1) is 10.6 Å². The molecule has 5 nitrogen and oxygen atoms in total. The summed E-state index contributed by atoms with van der Waals surface area (Å²) in [7, 11) is 2.06. The van der Waals surface area contributed by atoms with Crippen LogP contribution in [0.5, 0.6) is 0 Å². The number of rotatable bonds is 3. The Kier molecular flexibility index (Phi) is 4.76. The average Bonchev–Trinajstić information content (AvgIpc) is 2.66. The van der Waals surface area contributed by atoms with E-state index in [2.05, 4.69) is 33.2 Å². The third-order valence-corrected chi connectivity index (χ3v) is 4.25. The van der Waals surface area contributed by atoms with Gasteiger partial charge in [-0.2, -0.15) is 0 Å². The van der Waals surface area contributed by atoms with Crippen LogP contribution in [-0.4, -0.2) is 31.1 Å². The summed E-state index contributed by atoms with van der Waals surface area (Å²) < 4.78 is 0.779. The standard InChI is InChI=1S/C13H18BrN3O2/c1-16(10-3-2-7-15-8-6-10)13-5-4-11(17(18)19)9-12(13)14/h4-5,9-10,15H,2-3,6-8H2,1H3. The lowest BCUT2D eigenvalue weighted by molar-refractivity contribution is -0.384. The van der Waals surface area contributed by atoms with Gasteiger partial charge in [-0.05, 0) is 54.3 Å². The molecule has 6 heteroatoms. The number of hydrogen-bond acceptors (Lipinski definition) is 4. The zero-order valence-corrected chi connectivity index (χ0v) is 12.5. The molecule has 1 atom stereocenters. The Morgan fingerprint density at radius 3 is 2.89 bits per heavy atom. The average molecular weight is 328 g/mol. The Morgan fingerprint density at radius 1 is 1.42 bits per heavy atom. The maximum Gasteiger partial charge on any atom is 0.270 e. The number of non-ortho nitro benzene ring substituents is 1. The molecular formula is C13H18BrN3O2. The fourth-order valence-corrected chi connectivity index (χ4v) is 3.13. The SMILES string of the molecule is CN(c1ccc([N+](=O)[O-])cc1Br)C1CCCNCC1. The molecule has 2 rings (SSSR count). The molecule has 0 amide bonds. The van der Waals surface area contributed by atoms with Gasteiger partial charge in [-0.3, -0.25) is 10.1 Å². The summed E-state index contributed by atoms with van der Waals surface area (Å²) in [6.07, 6.45) is 3.41. The van der Waals surface area contributed by atoms with Crippen LogP contribution in [0.1, 0.15) is 19.3 Å². The van der Waals surface area contributed by atoms with Crippen molar-refractivity contribution in [2.75, 3.05) is 25.0 Å². The Bertz CT molecular complexity index is 459. The lowest BCUT2D eigenvalue weighted by Gasteiger charge is -2.29. The van der Waals surface area contributed by atoms with Gasteiger partial charge < -0.3 is 10.2 Å². The highest BCUT2D eigenvalue weighted by molar-refractivity contribution is 9.10. The molecule has 1 heterocycles. The highest BCUT2D eigenvalue weighted by atomic mass is 79.9. The third kappa shape index (κ3) is 3.45. The monoisotopic (exact) mass is 327 g/mol. The van der Waals surface area contributed by atoms with Crippen LogP contribution in [0.4, 0.5) is 11.4 Å². The number of benzene rings is 1. The summed E-state index contributed by atoms with van der Waals surface area (Å²) in [5, 5.41) is 14.1. The summed E-state index contributed by atoms with van der Waals surface area (Å²) in [6, 6.07) is 5.43. The molecule has 1 saturated heterocycles. The van der Waals surface area contributed by atoms with E-state index in [9.17, 15) is 10.1 Å². The van der Waals surface area contributed by atoms with Gasteiger partial charge in [0.15, 0.2) is 0 Å². The van der Waals surface area contributed by atoms with E-state index in [1.54, 1.807) is 12.1 Å². The third-order valence-electron chi connectivity index (χ3n) is 3.62. The van der Waals surface area contributed by atoms with Crippen molar-refractivity contribution >= 4 is 27.3 Å². The molecule has 1 aliphatic rings. The largest absolute Gasteiger partial charge is 0.371 e. The van der Waals surface area contributed by atoms with Crippen LogP contribution in [0.2, 0.25) is 0 Å². The highest BCUT2D eigenvalue weighted by Crippen LogP contribution is 2.31. The van der Waals surface area contributed by atoms with Gasteiger partial charge in [-0.25, -0.2) is 0 Å². The van der Waals surface area contributed by atoms with E-state index in [1.807, 2.05) is 6.07 Å². The molecule has 0 saturated carbocycles.